The van der Waals surface area contributed by atoms with Gasteiger partial charge in [-0.05, 0) is 33.4 Å². The van der Waals surface area contributed by atoms with Crippen molar-refractivity contribution in [2.45, 2.75) is 0 Å². The second kappa shape index (κ2) is 8.97. The molecule has 0 spiro atoms. The van der Waals surface area contributed by atoms with Gasteiger partial charge >= 0.3 is 0 Å². The Morgan fingerprint density at radius 3 is 1.00 bits per heavy atom. The number of hydrogen-bond donors (Lipinski definition) is 0. The highest BCUT2D eigenvalue weighted by atomic mass is 16.1. The minimum atomic E-state index is 0.641. The lowest BCUT2D eigenvalue weighted by atomic mass is 9.85. The van der Waals surface area contributed by atoms with E-state index in [1.807, 2.05) is 84.9 Å². The summed E-state index contributed by atoms with van der Waals surface area (Å²) in [4.78, 5) is 22.3. The summed E-state index contributed by atoms with van der Waals surface area (Å²) < 4.78 is 0. The quantitative estimate of drug-likeness (QED) is 0.286. The number of hydrogen-bond acceptors (Lipinski definition) is 2. The van der Waals surface area contributed by atoms with Crippen LogP contribution in [0.2, 0.25) is 0 Å². The summed E-state index contributed by atoms with van der Waals surface area (Å²) in [7, 11) is 0. The number of rotatable bonds is 6. The molecule has 0 aliphatic carbocycles. The van der Waals surface area contributed by atoms with E-state index in [0.717, 1.165) is 46.0 Å². The fourth-order valence-electron chi connectivity index (χ4n) is 3.58. The van der Waals surface area contributed by atoms with Gasteiger partial charge in [-0.1, -0.05) is 109 Å². The molecule has 0 N–H and O–H groups in total. The van der Waals surface area contributed by atoms with Gasteiger partial charge in [-0.3, -0.25) is 9.59 Å². The highest BCUT2D eigenvalue weighted by molar-refractivity contribution is 6.04. The molecular formula is C28H20O2. The minimum Gasteiger partial charge on any atom is -0.298 e. The molecule has 0 saturated carbocycles. The lowest BCUT2D eigenvalue weighted by Crippen LogP contribution is -1.98. The molecule has 0 amide bonds. The van der Waals surface area contributed by atoms with E-state index in [9.17, 15) is 9.59 Å². The topological polar surface area (TPSA) is 34.1 Å². The normalized spacial score (nSPS) is 11.5. The number of aldehydes is 2. The van der Waals surface area contributed by atoms with E-state index in [1.54, 1.807) is 0 Å². The second-order valence-corrected chi connectivity index (χ2v) is 6.96. The van der Waals surface area contributed by atoms with Crippen molar-refractivity contribution in [1.82, 2.24) is 0 Å². The first-order valence-corrected chi connectivity index (χ1v) is 9.76. The van der Waals surface area contributed by atoms with E-state index >= 15 is 0 Å². The Morgan fingerprint density at radius 2 is 0.700 bits per heavy atom. The van der Waals surface area contributed by atoms with Gasteiger partial charge in [0.05, 0.1) is 0 Å². The Balaban J connectivity index is 2.05. The first-order chi connectivity index (χ1) is 14.8. The molecule has 2 heteroatoms. The first kappa shape index (κ1) is 19.3. The molecule has 2 nitrogen and oxygen atoms in total. The summed E-state index contributed by atoms with van der Waals surface area (Å²) in [6.07, 6.45) is 1.71. The maximum atomic E-state index is 11.2. The SMILES string of the molecule is O=Cc1ccc(/C(=C(\c2ccccc2)c2ccc(C=O)cc2)c2ccccc2)cc1. The van der Waals surface area contributed by atoms with Gasteiger partial charge in [0.25, 0.3) is 0 Å². The predicted molar refractivity (Wildman–Crippen MR) is 122 cm³/mol. The van der Waals surface area contributed by atoms with Crippen LogP contribution in [0.15, 0.2) is 109 Å². The van der Waals surface area contributed by atoms with E-state index in [1.165, 1.54) is 0 Å². The molecule has 0 unspecified atom stereocenters. The van der Waals surface area contributed by atoms with Crippen LogP contribution in [0.1, 0.15) is 43.0 Å². The van der Waals surface area contributed by atoms with E-state index in [0.29, 0.717) is 11.1 Å². The zero-order chi connectivity index (χ0) is 20.8. The Labute approximate surface area is 176 Å². The van der Waals surface area contributed by atoms with Crippen molar-refractivity contribution >= 4 is 23.7 Å². The van der Waals surface area contributed by atoms with Crippen LogP contribution < -0.4 is 0 Å². The smallest absolute Gasteiger partial charge is 0.150 e. The second-order valence-electron chi connectivity index (χ2n) is 6.96. The van der Waals surface area contributed by atoms with Gasteiger partial charge in [0, 0.05) is 11.1 Å². The molecule has 144 valence electrons. The van der Waals surface area contributed by atoms with Crippen LogP contribution in [0, 0.1) is 0 Å². The van der Waals surface area contributed by atoms with Crippen molar-refractivity contribution in [2.24, 2.45) is 0 Å². The molecule has 0 aromatic heterocycles. The highest BCUT2D eigenvalue weighted by Crippen LogP contribution is 2.36. The fraction of sp³-hybridized carbons (Fsp3) is 0. The summed E-state index contributed by atoms with van der Waals surface area (Å²) in [5.41, 5.74) is 7.61. The van der Waals surface area contributed by atoms with E-state index in [4.69, 9.17) is 0 Å². The van der Waals surface area contributed by atoms with Gasteiger partial charge in [0.15, 0.2) is 0 Å². The zero-order valence-electron chi connectivity index (χ0n) is 16.4. The lowest BCUT2D eigenvalue weighted by Gasteiger charge is -2.18. The van der Waals surface area contributed by atoms with Crippen LogP contribution in [-0.2, 0) is 0 Å². The first-order valence-electron chi connectivity index (χ1n) is 9.76. The van der Waals surface area contributed by atoms with Crippen LogP contribution in [-0.4, -0.2) is 12.6 Å². The molecule has 30 heavy (non-hydrogen) atoms. The van der Waals surface area contributed by atoms with Gasteiger partial charge in [0.1, 0.15) is 12.6 Å². The Hall–Kier alpha value is -4.04. The summed E-state index contributed by atoms with van der Waals surface area (Å²) in [6, 6.07) is 35.7. The maximum Gasteiger partial charge on any atom is 0.150 e. The average Bonchev–Trinajstić information content (AvgIpc) is 2.84. The highest BCUT2D eigenvalue weighted by Gasteiger charge is 2.16. The molecule has 4 aromatic carbocycles. The van der Waals surface area contributed by atoms with E-state index in [-0.39, 0.29) is 0 Å². The molecule has 0 heterocycles. The van der Waals surface area contributed by atoms with Gasteiger partial charge in [-0.25, -0.2) is 0 Å². The van der Waals surface area contributed by atoms with E-state index < -0.39 is 0 Å². The number of carbonyl (C=O) groups is 2. The third kappa shape index (κ3) is 4.03. The molecule has 0 aliphatic heterocycles. The maximum absolute atomic E-state index is 11.2. The molecule has 0 aliphatic rings. The lowest BCUT2D eigenvalue weighted by molar-refractivity contribution is 0.111. The molecule has 0 fully saturated rings. The standard InChI is InChI=1S/C28H20O2/c29-19-21-11-15-25(16-12-21)27(23-7-3-1-4-8-23)28(24-9-5-2-6-10-24)26-17-13-22(20-30)14-18-26/h1-20H/b28-27+. The van der Waals surface area contributed by atoms with Crippen molar-refractivity contribution in [1.29, 1.82) is 0 Å². The van der Waals surface area contributed by atoms with Crippen LogP contribution >= 0.6 is 0 Å². The van der Waals surface area contributed by atoms with Crippen molar-refractivity contribution in [3.8, 4) is 0 Å². The zero-order valence-corrected chi connectivity index (χ0v) is 16.4. The molecule has 0 atom stereocenters. The van der Waals surface area contributed by atoms with Crippen molar-refractivity contribution in [3.05, 3.63) is 143 Å². The molecule has 4 rings (SSSR count). The Morgan fingerprint density at radius 1 is 0.400 bits per heavy atom. The summed E-state index contributed by atoms with van der Waals surface area (Å²) in [5.74, 6) is 0. The summed E-state index contributed by atoms with van der Waals surface area (Å²) in [5, 5.41) is 0. The summed E-state index contributed by atoms with van der Waals surface area (Å²) in [6.45, 7) is 0. The van der Waals surface area contributed by atoms with Crippen LogP contribution in [0.25, 0.3) is 11.1 Å². The van der Waals surface area contributed by atoms with Crippen molar-refractivity contribution in [2.75, 3.05) is 0 Å². The van der Waals surface area contributed by atoms with Gasteiger partial charge in [0.2, 0.25) is 0 Å². The minimum absolute atomic E-state index is 0.641. The Kier molecular flexibility index (Phi) is 5.77. The third-order valence-corrected chi connectivity index (χ3v) is 5.05. The number of carbonyl (C=O) groups excluding carboxylic acids is 2. The van der Waals surface area contributed by atoms with Crippen molar-refractivity contribution in [3.63, 3.8) is 0 Å². The molecule has 0 bridgehead atoms. The van der Waals surface area contributed by atoms with Gasteiger partial charge in [-0.15, -0.1) is 0 Å². The predicted octanol–water partition coefficient (Wildman–Crippen LogP) is 6.32. The van der Waals surface area contributed by atoms with Gasteiger partial charge < -0.3 is 0 Å². The van der Waals surface area contributed by atoms with Crippen LogP contribution in [0.5, 0.6) is 0 Å². The van der Waals surface area contributed by atoms with Crippen molar-refractivity contribution < 1.29 is 9.59 Å². The summed E-state index contributed by atoms with van der Waals surface area (Å²) >= 11 is 0. The number of benzene rings is 4. The monoisotopic (exact) mass is 388 g/mol. The molecule has 0 radical (unpaired) electrons. The Bertz CT molecular complexity index is 1070. The molecular weight excluding hydrogens is 368 g/mol. The largest absolute Gasteiger partial charge is 0.298 e. The van der Waals surface area contributed by atoms with Crippen LogP contribution in [0.3, 0.4) is 0 Å². The fourth-order valence-corrected chi connectivity index (χ4v) is 3.58. The average molecular weight is 388 g/mol. The molecule has 0 saturated heterocycles. The van der Waals surface area contributed by atoms with E-state index in [2.05, 4.69) is 24.3 Å². The van der Waals surface area contributed by atoms with Gasteiger partial charge in [-0.2, -0.15) is 0 Å². The third-order valence-electron chi connectivity index (χ3n) is 5.05. The molecule has 4 aromatic rings. The van der Waals surface area contributed by atoms with Crippen LogP contribution in [0.4, 0.5) is 0 Å².